The summed E-state index contributed by atoms with van der Waals surface area (Å²) in [6, 6.07) is 13.6. The molecule has 0 radical (unpaired) electrons. The fourth-order valence-corrected chi connectivity index (χ4v) is 3.34. The first kappa shape index (κ1) is 16.6. The molecule has 0 saturated carbocycles. The number of benzene rings is 2. The van der Waals surface area contributed by atoms with E-state index in [9.17, 15) is 13.2 Å². The van der Waals surface area contributed by atoms with Gasteiger partial charge in [0.15, 0.2) is 9.84 Å². The third-order valence-electron chi connectivity index (χ3n) is 2.96. The van der Waals surface area contributed by atoms with Crippen LogP contribution in [0.25, 0.3) is 0 Å². The Kier molecular flexibility index (Phi) is 5.26. The number of amides is 1. The van der Waals surface area contributed by atoms with Crippen LogP contribution in [0, 0.1) is 0 Å². The zero-order valence-corrected chi connectivity index (χ0v) is 14.0. The molecule has 0 aliphatic heterocycles. The molecule has 6 heteroatoms. The Bertz CT molecular complexity index is 785. The van der Waals surface area contributed by atoms with Gasteiger partial charge in [-0.05, 0) is 36.1 Å². The summed E-state index contributed by atoms with van der Waals surface area (Å²) in [5, 5.41) is 2.84. The molecule has 4 nitrogen and oxygen atoms in total. The van der Waals surface area contributed by atoms with Crippen molar-refractivity contribution in [3.8, 4) is 0 Å². The highest BCUT2D eigenvalue weighted by molar-refractivity contribution is 7.99. The van der Waals surface area contributed by atoms with Crippen molar-refractivity contribution in [2.45, 2.75) is 16.7 Å². The first-order chi connectivity index (χ1) is 10.4. The lowest BCUT2D eigenvalue weighted by Gasteiger charge is -2.10. The Balaban J connectivity index is 2.27. The van der Waals surface area contributed by atoms with Crippen LogP contribution in [0.5, 0.6) is 0 Å². The van der Waals surface area contributed by atoms with Gasteiger partial charge in [-0.2, -0.15) is 0 Å². The van der Waals surface area contributed by atoms with Gasteiger partial charge in [-0.1, -0.05) is 25.1 Å². The topological polar surface area (TPSA) is 63.2 Å². The van der Waals surface area contributed by atoms with Crippen molar-refractivity contribution in [3.05, 3.63) is 54.1 Å². The Labute approximate surface area is 134 Å². The highest BCUT2D eigenvalue weighted by atomic mass is 32.2. The van der Waals surface area contributed by atoms with Crippen molar-refractivity contribution >= 4 is 33.2 Å². The number of carbonyl (C=O) groups is 1. The van der Waals surface area contributed by atoms with E-state index >= 15 is 0 Å². The number of thioether (sulfide) groups is 1. The SMILES string of the molecule is CCSc1ccccc1NC(=O)c1cccc(S(C)(=O)=O)c1. The molecule has 1 N–H and O–H groups in total. The molecule has 0 spiro atoms. The Hall–Kier alpha value is -1.79. The lowest BCUT2D eigenvalue weighted by atomic mass is 10.2. The monoisotopic (exact) mass is 335 g/mol. The molecule has 1 amide bonds. The maximum absolute atomic E-state index is 12.3. The molecule has 22 heavy (non-hydrogen) atoms. The summed E-state index contributed by atoms with van der Waals surface area (Å²) in [5.41, 5.74) is 1.04. The maximum atomic E-state index is 12.3. The van der Waals surface area contributed by atoms with Crippen LogP contribution in [0.2, 0.25) is 0 Å². The van der Waals surface area contributed by atoms with E-state index < -0.39 is 9.84 Å². The van der Waals surface area contributed by atoms with E-state index in [2.05, 4.69) is 5.32 Å². The highest BCUT2D eigenvalue weighted by Crippen LogP contribution is 2.27. The van der Waals surface area contributed by atoms with E-state index in [0.29, 0.717) is 5.56 Å². The van der Waals surface area contributed by atoms with E-state index in [1.54, 1.807) is 23.9 Å². The molecule has 0 unspecified atom stereocenters. The van der Waals surface area contributed by atoms with Crippen molar-refractivity contribution < 1.29 is 13.2 Å². The molecular formula is C16H17NO3S2. The van der Waals surface area contributed by atoms with Gasteiger partial charge in [-0.15, -0.1) is 11.8 Å². The zero-order chi connectivity index (χ0) is 16.2. The molecule has 0 atom stereocenters. The number of rotatable bonds is 5. The van der Waals surface area contributed by atoms with Gasteiger partial charge < -0.3 is 5.32 Å². The van der Waals surface area contributed by atoms with Gasteiger partial charge in [0.1, 0.15) is 0 Å². The molecular weight excluding hydrogens is 318 g/mol. The first-order valence-electron chi connectivity index (χ1n) is 6.75. The number of sulfone groups is 1. The van der Waals surface area contributed by atoms with E-state index in [1.165, 1.54) is 12.1 Å². The summed E-state index contributed by atoms with van der Waals surface area (Å²) in [6.07, 6.45) is 1.12. The van der Waals surface area contributed by atoms with Crippen molar-refractivity contribution in [2.75, 3.05) is 17.3 Å². The number of para-hydroxylation sites is 1. The molecule has 0 bridgehead atoms. The molecule has 2 rings (SSSR count). The maximum Gasteiger partial charge on any atom is 0.255 e. The molecule has 0 aromatic heterocycles. The van der Waals surface area contributed by atoms with Crippen LogP contribution in [0.15, 0.2) is 58.3 Å². The first-order valence-corrected chi connectivity index (χ1v) is 9.63. The Morgan fingerprint density at radius 2 is 1.86 bits per heavy atom. The fourth-order valence-electron chi connectivity index (χ4n) is 1.91. The summed E-state index contributed by atoms with van der Waals surface area (Å²) in [6.45, 7) is 2.04. The van der Waals surface area contributed by atoms with Gasteiger partial charge in [0.25, 0.3) is 5.91 Å². The number of hydrogen-bond acceptors (Lipinski definition) is 4. The summed E-state index contributed by atoms with van der Waals surface area (Å²) in [5.74, 6) is 0.575. The lowest BCUT2D eigenvalue weighted by Crippen LogP contribution is -2.13. The average molecular weight is 335 g/mol. The molecule has 2 aromatic rings. The van der Waals surface area contributed by atoms with E-state index in [-0.39, 0.29) is 10.8 Å². The standard InChI is InChI=1S/C16H17NO3S2/c1-3-21-15-10-5-4-9-14(15)17-16(18)12-7-6-8-13(11-12)22(2,19)20/h4-11H,3H2,1-2H3,(H,17,18). The minimum Gasteiger partial charge on any atom is -0.321 e. The van der Waals surface area contributed by atoms with Crippen LogP contribution >= 0.6 is 11.8 Å². The molecule has 116 valence electrons. The van der Waals surface area contributed by atoms with Gasteiger partial charge in [0.2, 0.25) is 0 Å². The molecule has 0 saturated heterocycles. The van der Waals surface area contributed by atoms with Gasteiger partial charge in [-0.25, -0.2) is 8.42 Å². The number of hydrogen-bond donors (Lipinski definition) is 1. The lowest BCUT2D eigenvalue weighted by molar-refractivity contribution is 0.102. The summed E-state index contributed by atoms with van der Waals surface area (Å²) < 4.78 is 23.1. The molecule has 0 aliphatic rings. The van der Waals surface area contributed by atoms with Gasteiger partial charge in [0, 0.05) is 16.7 Å². The molecule has 0 aliphatic carbocycles. The Morgan fingerprint density at radius 1 is 1.14 bits per heavy atom. The third kappa shape index (κ3) is 4.11. The second-order valence-electron chi connectivity index (χ2n) is 4.68. The van der Waals surface area contributed by atoms with Crippen LogP contribution in [0.4, 0.5) is 5.69 Å². The van der Waals surface area contributed by atoms with Gasteiger partial charge in [-0.3, -0.25) is 4.79 Å². The summed E-state index contributed by atoms with van der Waals surface area (Å²) in [7, 11) is -3.33. The van der Waals surface area contributed by atoms with Gasteiger partial charge >= 0.3 is 0 Å². The summed E-state index contributed by atoms with van der Waals surface area (Å²) in [4.78, 5) is 13.5. The van der Waals surface area contributed by atoms with E-state index in [0.717, 1.165) is 22.6 Å². The second kappa shape index (κ2) is 6.98. The normalized spacial score (nSPS) is 11.2. The van der Waals surface area contributed by atoms with Crippen molar-refractivity contribution in [1.29, 1.82) is 0 Å². The quantitative estimate of drug-likeness (QED) is 0.850. The van der Waals surface area contributed by atoms with Crippen LogP contribution in [0.3, 0.4) is 0 Å². The molecule has 2 aromatic carbocycles. The van der Waals surface area contributed by atoms with E-state index in [4.69, 9.17) is 0 Å². The third-order valence-corrected chi connectivity index (χ3v) is 5.03. The van der Waals surface area contributed by atoms with Crippen LogP contribution in [-0.2, 0) is 9.84 Å². The summed E-state index contributed by atoms with van der Waals surface area (Å²) >= 11 is 1.64. The molecule has 0 heterocycles. The van der Waals surface area contributed by atoms with Crippen molar-refractivity contribution in [3.63, 3.8) is 0 Å². The van der Waals surface area contributed by atoms with Crippen LogP contribution < -0.4 is 5.32 Å². The largest absolute Gasteiger partial charge is 0.321 e. The minimum atomic E-state index is -3.33. The predicted molar refractivity (Wildman–Crippen MR) is 90.3 cm³/mol. The smallest absolute Gasteiger partial charge is 0.255 e. The second-order valence-corrected chi connectivity index (χ2v) is 8.00. The van der Waals surface area contributed by atoms with Crippen LogP contribution in [-0.4, -0.2) is 26.3 Å². The van der Waals surface area contributed by atoms with Crippen molar-refractivity contribution in [1.82, 2.24) is 0 Å². The number of anilines is 1. The minimum absolute atomic E-state index is 0.136. The Morgan fingerprint density at radius 3 is 2.55 bits per heavy atom. The van der Waals surface area contributed by atoms with E-state index in [1.807, 2.05) is 31.2 Å². The van der Waals surface area contributed by atoms with Crippen molar-refractivity contribution in [2.24, 2.45) is 0 Å². The average Bonchev–Trinajstić information content (AvgIpc) is 2.49. The number of nitrogens with one attached hydrogen (secondary N) is 1. The fraction of sp³-hybridized carbons (Fsp3) is 0.188. The van der Waals surface area contributed by atoms with Gasteiger partial charge in [0.05, 0.1) is 10.6 Å². The molecule has 0 fully saturated rings. The highest BCUT2D eigenvalue weighted by Gasteiger charge is 2.13. The zero-order valence-electron chi connectivity index (χ0n) is 12.4. The van der Waals surface area contributed by atoms with Crippen LogP contribution in [0.1, 0.15) is 17.3 Å². The number of carbonyl (C=O) groups excluding carboxylic acids is 1. The predicted octanol–water partition coefficient (Wildman–Crippen LogP) is 3.45.